The monoisotopic (exact) mass is 272 g/mol. The Morgan fingerprint density at radius 2 is 1.89 bits per heavy atom. The summed E-state index contributed by atoms with van der Waals surface area (Å²) < 4.78 is 49.1. The molecule has 0 aliphatic carbocycles. The number of amides is 1. The first-order valence-corrected chi connectivity index (χ1v) is 5.04. The zero-order valence-electron chi connectivity index (χ0n) is 9.70. The highest BCUT2D eigenvalue weighted by Crippen LogP contribution is 2.25. The molecule has 9 heteroatoms. The molecule has 0 aromatic rings. The first kappa shape index (κ1) is 14.7. The van der Waals surface area contributed by atoms with Crippen molar-refractivity contribution in [2.45, 2.75) is 24.8 Å². The van der Waals surface area contributed by atoms with E-state index in [4.69, 9.17) is 0 Å². The van der Waals surface area contributed by atoms with Crippen LogP contribution in [-0.2, 0) is 14.4 Å². The smallest absolute Gasteiger partial charge is 0.360 e. The van der Waals surface area contributed by atoms with Crippen molar-refractivity contribution in [2.24, 2.45) is 0 Å². The molecule has 1 heterocycles. The summed E-state index contributed by atoms with van der Waals surface area (Å²) in [7, 11) is 2.75. The van der Waals surface area contributed by atoms with E-state index in [2.05, 4.69) is 4.84 Å². The van der Waals surface area contributed by atoms with Crippen LogP contribution in [0.15, 0.2) is 0 Å². The minimum Gasteiger partial charge on any atom is -0.360 e. The first-order valence-electron chi connectivity index (χ1n) is 5.04. The van der Waals surface area contributed by atoms with Crippen molar-refractivity contribution in [3.05, 3.63) is 0 Å². The van der Waals surface area contributed by atoms with E-state index in [9.17, 15) is 27.2 Å². The highest BCUT2D eigenvalue weighted by molar-refractivity contribution is 5.82. The Balaban J connectivity index is 2.74. The van der Waals surface area contributed by atoms with Crippen LogP contribution in [0.5, 0.6) is 0 Å². The van der Waals surface area contributed by atoms with Crippen LogP contribution in [0.2, 0.25) is 0 Å². The maximum absolute atomic E-state index is 13.1. The van der Waals surface area contributed by atoms with Gasteiger partial charge >= 0.3 is 12.1 Å². The van der Waals surface area contributed by atoms with Crippen LogP contribution in [0.3, 0.4) is 0 Å². The van der Waals surface area contributed by atoms with Crippen molar-refractivity contribution >= 4 is 11.9 Å². The quantitative estimate of drug-likeness (QED) is 0.687. The highest BCUT2D eigenvalue weighted by Gasteiger charge is 2.47. The molecule has 0 unspecified atom stereocenters. The van der Waals surface area contributed by atoms with Gasteiger partial charge in [-0.05, 0) is 0 Å². The molecule has 1 amide bonds. The predicted molar refractivity (Wildman–Crippen MR) is 50.8 cm³/mol. The average Bonchev–Trinajstić information content (AvgIpc) is 2.56. The summed E-state index contributed by atoms with van der Waals surface area (Å²) in [5.41, 5.74) is 0. The molecule has 1 rings (SSSR count). The summed E-state index contributed by atoms with van der Waals surface area (Å²) >= 11 is 0. The topological polar surface area (TPSA) is 49.9 Å². The first-order chi connectivity index (χ1) is 8.12. The van der Waals surface area contributed by atoms with Crippen LogP contribution in [0, 0.1) is 0 Å². The lowest BCUT2D eigenvalue weighted by atomic mass is 10.2. The van der Waals surface area contributed by atoms with Crippen molar-refractivity contribution in [1.82, 2.24) is 9.96 Å². The van der Waals surface area contributed by atoms with Crippen LogP contribution >= 0.6 is 0 Å². The Bertz CT molecular complexity index is 345. The number of likely N-dealkylation sites (N-methyl/N-ethyl adjacent to an activating group) is 1. The highest BCUT2D eigenvalue weighted by atomic mass is 19.4. The number of halogens is 4. The van der Waals surface area contributed by atoms with Crippen LogP contribution in [0.4, 0.5) is 17.6 Å². The molecule has 0 radical (unpaired) electrons. The van der Waals surface area contributed by atoms with E-state index in [0.717, 1.165) is 4.90 Å². The average molecular weight is 272 g/mol. The third-order valence-electron chi connectivity index (χ3n) is 2.36. The Hall–Kier alpha value is -1.38. The van der Waals surface area contributed by atoms with E-state index in [-0.39, 0.29) is 6.42 Å². The third-order valence-corrected chi connectivity index (χ3v) is 2.36. The second kappa shape index (κ2) is 5.09. The van der Waals surface area contributed by atoms with Crippen LogP contribution in [0.1, 0.15) is 6.42 Å². The number of carbonyl (C=O) groups is 2. The fourth-order valence-corrected chi connectivity index (χ4v) is 1.54. The fraction of sp³-hybridized carbons (Fsp3) is 0.778. The number of alkyl halides is 4. The summed E-state index contributed by atoms with van der Waals surface area (Å²) in [6.07, 6.45) is -7.00. The largest absolute Gasteiger partial charge is 0.492 e. The summed E-state index contributed by atoms with van der Waals surface area (Å²) in [6, 6.07) is -1.22. The zero-order valence-corrected chi connectivity index (χ0v) is 9.70. The van der Waals surface area contributed by atoms with Crippen LogP contribution < -0.4 is 0 Å². The van der Waals surface area contributed by atoms with Crippen molar-refractivity contribution in [1.29, 1.82) is 0 Å². The summed E-state index contributed by atoms with van der Waals surface area (Å²) in [4.78, 5) is 27.3. The number of hydrogen-bond acceptors (Lipinski definition) is 4. The van der Waals surface area contributed by atoms with E-state index >= 15 is 0 Å². The van der Waals surface area contributed by atoms with Crippen molar-refractivity contribution in [2.75, 3.05) is 20.6 Å². The summed E-state index contributed by atoms with van der Waals surface area (Å²) in [5, 5.41) is 0.447. The van der Waals surface area contributed by atoms with Gasteiger partial charge in [0.15, 0.2) is 0 Å². The van der Waals surface area contributed by atoms with Crippen LogP contribution in [-0.4, -0.2) is 60.9 Å². The molecule has 2 atom stereocenters. The molecular formula is C9H12F4N2O3. The van der Waals surface area contributed by atoms with Gasteiger partial charge in [0.05, 0.1) is 6.54 Å². The van der Waals surface area contributed by atoms with E-state index in [0.29, 0.717) is 5.06 Å². The molecule has 1 fully saturated rings. The molecule has 0 aromatic carbocycles. The van der Waals surface area contributed by atoms with Gasteiger partial charge in [-0.15, -0.1) is 5.06 Å². The van der Waals surface area contributed by atoms with Gasteiger partial charge in [-0.3, -0.25) is 4.79 Å². The van der Waals surface area contributed by atoms with E-state index in [1.54, 1.807) is 0 Å². The molecule has 0 spiro atoms. The lowest BCUT2D eigenvalue weighted by Gasteiger charge is -2.24. The molecule has 1 aliphatic rings. The van der Waals surface area contributed by atoms with Gasteiger partial charge in [-0.1, -0.05) is 0 Å². The van der Waals surface area contributed by atoms with Crippen molar-refractivity contribution in [3.8, 4) is 0 Å². The van der Waals surface area contributed by atoms with Crippen molar-refractivity contribution < 1.29 is 32.0 Å². The second-order valence-corrected chi connectivity index (χ2v) is 4.06. The molecule has 1 aliphatic heterocycles. The van der Waals surface area contributed by atoms with E-state index in [1.165, 1.54) is 14.1 Å². The summed E-state index contributed by atoms with van der Waals surface area (Å²) in [5.74, 6) is -3.08. The molecule has 1 saturated heterocycles. The molecule has 0 saturated carbocycles. The predicted octanol–water partition coefficient (Wildman–Crippen LogP) is 0.507. The van der Waals surface area contributed by atoms with Gasteiger partial charge in [0.1, 0.15) is 12.2 Å². The SMILES string of the molecule is CN(C)C(=O)[C@@H]1C[C@H](F)CN1OC(=O)C(F)(F)F. The standard InChI is InChI=1S/C9H12F4N2O3/c1-14(2)7(16)6-3-5(10)4-15(6)18-8(17)9(11,12)13/h5-6H,3-4H2,1-2H3/t5-,6-/m0/s1. The zero-order chi connectivity index (χ0) is 14.1. The molecule has 5 nitrogen and oxygen atoms in total. The molecule has 0 bridgehead atoms. The maximum Gasteiger partial charge on any atom is 0.492 e. The molecule has 0 aromatic heterocycles. The van der Waals surface area contributed by atoms with Gasteiger partial charge in [0.25, 0.3) is 0 Å². The Morgan fingerprint density at radius 1 is 1.33 bits per heavy atom. The second-order valence-electron chi connectivity index (χ2n) is 4.06. The maximum atomic E-state index is 13.1. The third kappa shape index (κ3) is 3.31. The number of hydrogen-bond donors (Lipinski definition) is 0. The lowest BCUT2D eigenvalue weighted by Crippen LogP contribution is -2.45. The minimum atomic E-state index is -5.18. The fourth-order valence-electron chi connectivity index (χ4n) is 1.54. The molecule has 0 N–H and O–H groups in total. The van der Waals surface area contributed by atoms with Gasteiger partial charge < -0.3 is 9.74 Å². The normalized spacial score (nSPS) is 25.0. The van der Waals surface area contributed by atoms with Gasteiger partial charge in [0, 0.05) is 20.5 Å². The Kier molecular flexibility index (Phi) is 4.15. The number of rotatable bonds is 2. The minimum absolute atomic E-state index is 0.303. The van der Waals surface area contributed by atoms with E-state index in [1.807, 2.05) is 0 Å². The van der Waals surface area contributed by atoms with Gasteiger partial charge in [0.2, 0.25) is 5.91 Å². The summed E-state index contributed by atoms with van der Waals surface area (Å²) in [6.45, 7) is -0.550. The van der Waals surface area contributed by atoms with Crippen LogP contribution in [0.25, 0.3) is 0 Å². The number of nitrogens with zero attached hydrogens (tertiary/aromatic N) is 2. The Morgan fingerprint density at radius 3 is 2.33 bits per heavy atom. The molecular weight excluding hydrogens is 260 g/mol. The van der Waals surface area contributed by atoms with E-state index < -0.39 is 36.8 Å². The molecule has 18 heavy (non-hydrogen) atoms. The number of hydroxylamine groups is 2. The van der Waals surface area contributed by atoms with Crippen molar-refractivity contribution in [3.63, 3.8) is 0 Å². The number of carbonyl (C=O) groups excluding carboxylic acids is 2. The molecule has 104 valence electrons. The van der Waals surface area contributed by atoms with Gasteiger partial charge in [-0.2, -0.15) is 13.2 Å². The van der Waals surface area contributed by atoms with Gasteiger partial charge in [-0.25, -0.2) is 9.18 Å². The Labute approximate surface area is 100 Å². The lowest BCUT2D eigenvalue weighted by molar-refractivity contribution is -0.241.